The zero-order valence-corrected chi connectivity index (χ0v) is 17.4. The number of aryl methyl sites for hydroxylation is 1. The lowest BCUT2D eigenvalue weighted by atomic mass is 10.1. The fraction of sp³-hybridized carbons (Fsp3) is 0.0435. The van der Waals surface area contributed by atoms with Crippen LogP contribution in [0.25, 0.3) is 32.0 Å². The van der Waals surface area contributed by atoms with E-state index in [4.69, 9.17) is 9.97 Å². The maximum absolute atomic E-state index is 4.80. The van der Waals surface area contributed by atoms with Crippen molar-refractivity contribution in [1.29, 1.82) is 0 Å². The minimum Gasteiger partial charge on any atom is -0.339 e. The molecule has 3 N–H and O–H groups in total. The normalized spacial score (nSPS) is 11.4. The molecule has 4 aromatic heterocycles. The van der Waals surface area contributed by atoms with Crippen molar-refractivity contribution >= 4 is 66.5 Å². The summed E-state index contributed by atoms with van der Waals surface area (Å²) in [5, 5.41) is 18.0. The second-order valence-corrected chi connectivity index (χ2v) is 8.20. The lowest BCUT2D eigenvalue weighted by molar-refractivity contribution is 1.12. The van der Waals surface area contributed by atoms with Crippen LogP contribution in [0.1, 0.15) is 5.69 Å². The number of aromatic amines is 1. The predicted molar refractivity (Wildman–Crippen MR) is 127 cm³/mol. The van der Waals surface area contributed by atoms with E-state index in [1.807, 2.05) is 73.1 Å². The van der Waals surface area contributed by atoms with Crippen LogP contribution < -0.4 is 10.6 Å². The van der Waals surface area contributed by atoms with Gasteiger partial charge >= 0.3 is 0 Å². The number of hydrogen-bond acceptors (Lipinski definition) is 7. The lowest BCUT2D eigenvalue weighted by Crippen LogP contribution is -2.02. The van der Waals surface area contributed by atoms with E-state index in [1.54, 1.807) is 11.3 Å². The summed E-state index contributed by atoms with van der Waals surface area (Å²) >= 11 is 1.61. The largest absolute Gasteiger partial charge is 0.339 e. The van der Waals surface area contributed by atoms with Crippen molar-refractivity contribution in [3.05, 3.63) is 71.9 Å². The Bertz CT molecular complexity index is 1570. The molecule has 0 radical (unpaired) electrons. The molecule has 0 amide bonds. The van der Waals surface area contributed by atoms with Gasteiger partial charge in [-0.3, -0.25) is 10.1 Å². The smallest absolute Gasteiger partial charge is 0.229 e. The third-order valence-electron chi connectivity index (χ3n) is 5.10. The van der Waals surface area contributed by atoms with Crippen LogP contribution in [0.3, 0.4) is 0 Å². The van der Waals surface area contributed by atoms with E-state index in [-0.39, 0.29) is 0 Å². The van der Waals surface area contributed by atoms with Crippen LogP contribution in [0.15, 0.2) is 66.2 Å². The van der Waals surface area contributed by atoms with Gasteiger partial charge in [0.2, 0.25) is 5.95 Å². The minimum atomic E-state index is 0.536. The molecular weight excluding hydrogens is 406 g/mol. The van der Waals surface area contributed by atoms with Crippen molar-refractivity contribution in [2.24, 2.45) is 0 Å². The number of benzene rings is 2. The molecule has 2 aromatic carbocycles. The Morgan fingerprint density at radius 2 is 1.84 bits per heavy atom. The third kappa shape index (κ3) is 3.23. The molecule has 0 atom stereocenters. The summed E-state index contributed by atoms with van der Waals surface area (Å²) < 4.78 is 1.01. The molecular formula is C23H17N7S. The molecule has 150 valence electrons. The van der Waals surface area contributed by atoms with E-state index in [0.717, 1.165) is 54.9 Å². The molecule has 0 aliphatic rings. The van der Waals surface area contributed by atoms with E-state index >= 15 is 0 Å². The first-order chi connectivity index (χ1) is 15.2. The molecule has 0 aliphatic carbocycles. The second kappa shape index (κ2) is 7.03. The number of aromatic nitrogens is 5. The molecule has 6 aromatic rings. The van der Waals surface area contributed by atoms with Crippen LogP contribution >= 0.6 is 11.3 Å². The third-order valence-corrected chi connectivity index (χ3v) is 6.01. The van der Waals surface area contributed by atoms with Crippen molar-refractivity contribution in [2.45, 2.75) is 6.92 Å². The molecule has 0 bridgehead atoms. The van der Waals surface area contributed by atoms with Crippen LogP contribution in [0.4, 0.5) is 23.1 Å². The Morgan fingerprint density at radius 1 is 0.903 bits per heavy atom. The van der Waals surface area contributed by atoms with Gasteiger partial charge in [0.25, 0.3) is 0 Å². The SMILES string of the molecule is Cc1cc(Nc2nc(Nc3ccc4[nH]ncc4c3)c3sccc3n2)c2ccccc2n1. The molecule has 8 heteroatoms. The highest BCUT2D eigenvalue weighted by atomic mass is 32.1. The molecule has 31 heavy (non-hydrogen) atoms. The van der Waals surface area contributed by atoms with Crippen molar-refractivity contribution in [3.63, 3.8) is 0 Å². The molecule has 0 fully saturated rings. The predicted octanol–water partition coefficient (Wildman–Crippen LogP) is 5.91. The van der Waals surface area contributed by atoms with Crippen LogP contribution in [0.5, 0.6) is 0 Å². The first-order valence-corrected chi connectivity index (χ1v) is 10.7. The first kappa shape index (κ1) is 17.8. The fourth-order valence-electron chi connectivity index (χ4n) is 3.69. The van der Waals surface area contributed by atoms with Crippen molar-refractivity contribution < 1.29 is 0 Å². The average Bonchev–Trinajstić information content (AvgIpc) is 3.42. The highest BCUT2D eigenvalue weighted by Crippen LogP contribution is 2.32. The summed E-state index contributed by atoms with van der Waals surface area (Å²) in [5.74, 6) is 1.30. The number of pyridine rings is 1. The summed E-state index contributed by atoms with van der Waals surface area (Å²) in [4.78, 5) is 14.1. The van der Waals surface area contributed by atoms with Gasteiger partial charge in [-0.1, -0.05) is 18.2 Å². The number of para-hydroxylation sites is 1. The number of fused-ring (bicyclic) bond motifs is 3. The van der Waals surface area contributed by atoms with Gasteiger partial charge in [-0.15, -0.1) is 11.3 Å². The monoisotopic (exact) mass is 423 g/mol. The Labute approximate surface area is 181 Å². The topological polar surface area (TPSA) is 91.4 Å². The Kier molecular flexibility index (Phi) is 4.03. The van der Waals surface area contributed by atoms with Crippen molar-refractivity contribution in [2.75, 3.05) is 10.6 Å². The van der Waals surface area contributed by atoms with Gasteiger partial charge < -0.3 is 10.6 Å². The quantitative estimate of drug-likeness (QED) is 0.326. The number of H-pyrrole nitrogens is 1. The zero-order chi connectivity index (χ0) is 20.8. The standard InChI is InChI=1S/C23H17N7S/c1-13-10-20(16-4-2-3-5-18(16)25-13)28-23-27-19-8-9-31-21(19)22(29-23)26-15-6-7-17-14(11-15)12-24-30-17/h2-12H,1H3,(H,24,30)(H2,25,26,27,28,29). The molecule has 0 saturated carbocycles. The lowest BCUT2D eigenvalue weighted by Gasteiger charge is -2.12. The van der Waals surface area contributed by atoms with E-state index in [9.17, 15) is 0 Å². The molecule has 0 unspecified atom stereocenters. The van der Waals surface area contributed by atoms with Crippen LogP contribution in [0.2, 0.25) is 0 Å². The molecule has 0 aliphatic heterocycles. The van der Waals surface area contributed by atoms with Crippen molar-refractivity contribution in [1.82, 2.24) is 25.1 Å². The number of nitrogens with one attached hydrogen (secondary N) is 3. The summed E-state index contributed by atoms with van der Waals surface area (Å²) in [6, 6.07) is 18.1. The van der Waals surface area contributed by atoms with Crippen LogP contribution in [-0.4, -0.2) is 25.1 Å². The van der Waals surface area contributed by atoms with E-state index in [2.05, 4.69) is 25.8 Å². The number of nitrogens with zero attached hydrogens (tertiary/aromatic N) is 4. The molecule has 0 spiro atoms. The summed E-state index contributed by atoms with van der Waals surface area (Å²) in [7, 11) is 0. The minimum absolute atomic E-state index is 0.536. The highest BCUT2D eigenvalue weighted by Gasteiger charge is 2.12. The van der Waals surface area contributed by atoms with Crippen LogP contribution in [0, 0.1) is 6.92 Å². The number of rotatable bonds is 4. The Morgan fingerprint density at radius 3 is 2.81 bits per heavy atom. The Balaban J connectivity index is 1.42. The molecule has 4 heterocycles. The Hall–Kier alpha value is -4.04. The average molecular weight is 424 g/mol. The van der Waals surface area contributed by atoms with E-state index in [1.165, 1.54) is 0 Å². The van der Waals surface area contributed by atoms with Gasteiger partial charge in [0.1, 0.15) is 0 Å². The number of thiophene rings is 1. The fourth-order valence-corrected chi connectivity index (χ4v) is 4.47. The number of hydrogen-bond donors (Lipinski definition) is 3. The van der Waals surface area contributed by atoms with Gasteiger partial charge in [-0.2, -0.15) is 10.1 Å². The van der Waals surface area contributed by atoms with Gasteiger partial charge in [0.05, 0.1) is 33.1 Å². The maximum atomic E-state index is 4.80. The molecule has 6 rings (SSSR count). The summed E-state index contributed by atoms with van der Waals surface area (Å²) in [6.45, 7) is 1.99. The van der Waals surface area contributed by atoms with Crippen molar-refractivity contribution in [3.8, 4) is 0 Å². The molecule has 7 nitrogen and oxygen atoms in total. The van der Waals surface area contributed by atoms with Crippen LogP contribution in [-0.2, 0) is 0 Å². The van der Waals surface area contributed by atoms with Gasteiger partial charge in [-0.25, -0.2) is 4.98 Å². The van der Waals surface area contributed by atoms with Gasteiger partial charge in [0.15, 0.2) is 5.82 Å². The maximum Gasteiger partial charge on any atom is 0.229 e. The highest BCUT2D eigenvalue weighted by molar-refractivity contribution is 7.17. The number of anilines is 4. The molecule has 0 saturated heterocycles. The summed E-state index contributed by atoms with van der Waals surface area (Å²) in [6.07, 6.45) is 1.81. The summed E-state index contributed by atoms with van der Waals surface area (Å²) in [5.41, 5.74) is 5.64. The van der Waals surface area contributed by atoms with Gasteiger partial charge in [0, 0.05) is 22.2 Å². The zero-order valence-electron chi connectivity index (χ0n) is 16.5. The second-order valence-electron chi connectivity index (χ2n) is 7.28. The first-order valence-electron chi connectivity index (χ1n) is 9.82. The van der Waals surface area contributed by atoms with E-state index < -0.39 is 0 Å². The van der Waals surface area contributed by atoms with E-state index in [0.29, 0.717) is 5.95 Å². The van der Waals surface area contributed by atoms with Gasteiger partial charge in [-0.05, 0) is 48.7 Å².